The Morgan fingerprint density at radius 1 is 1.14 bits per heavy atom. The van der Waals surface area contributed by atoms with Gasteiger partial charge in [0.1, 0.15) is 5.82 Å². The molecule has 1 aliphatic rings. The molecule has 1 amide bonds. The molecule has 1 fully saturated rings. The zero-order valence-corrected chi connectivity index (χ0v) is 21.8. The van der Waals surface area contributed by atoms with Gasteiger partial charge in [0, 0.05) is 36.8 Å². The Morgan fingerprint density at radius 2 is 1.78 bits per heavy atom. The van der Waals surface area contributed by atoms with Crippen molar-refractivity contribution in [3.63, 3.8) is 0 Å². The van der Waals surface area contributed by atoms with E-state index in [0.717, 1.165) is 23.6 Å². The van der Waals surface area contributed by atoms with Crippen molar-refractivity contribution in [1.82, 2.24) is 10.2 Å². The van der Waals surface area contributed by atoms with Crippen molar-refractivity contribution in [3.05, 3.63) is 70.5 Å². The van der Waals surface area contributed by atoms with Gasteiger partial charge in [-0.25, -0.2) is 13.2 Å². The third kappa shape index (κ3) is 6.17. The van der Waals surface area contributed by atoms with E-state index in [0.29, 0.717) is 25.8 Å². The number of benzene rings is 2. The van der Waals surface area contributed by atoms with Crippen LogP contribution in [-0.2, 0) is 11.2 Å². The van der Waals surface area contributed by atoms with Gasteiger partial charge in [-0.05, 0) is 76.0 Å². The number of alkyl halides is 2. The number of carbonyl (C=O) groups is 2. The largest absolute Gasteiger partial charge is 0.355 e. The summed E-state index contributed by atoms with van der Waals surface area (Å²) < 4.78 is 43.8. The lowest BCUT2D eigenvalue weighted by atomic mass is 9.77. The summed E-state index contributed by atoms with van der Waals surface area (Å²) >= 11 is 0. The van der Waals surface area contributed by atoms with Crippen LogP contribution in [0.2, 0.25) is 0 Å². The summed E-state index contributed by atoms with van der Waals surface area (Å²) in [5, 5.41) is 2.94. The Bertz CT molecular complexity index is 1080. The molecule has 0 spiro atoms. The molecule has 2 atom stereocenters. The van der Waals surface area contributed by atoms with E-state index < -0.39 is 23.1 Å². The molecule has 0 saturated heterocycles. The molecular formula is C29H37F3N2O2. The van der Waals surface area contributed by atoms with E-state index in [1.54, 1.807) is 13.0 Å². The van der Waals surface area contributed by atoms with E-state index in [9.17, 15) is 22.8 Å². The predicted molar refractivity (Wildman–Crippen MR) is 136 cm³/mol. The average molecular weight is 503 g/mol. The highest BCUT2D eigenvalue weighted by Crippen LogP contribution is 2.65. The molecule has 7 heteroatoms. The van der Waals surface area contributed by atoms with Gasteiger partial charge in [-0.1, -0.05) is 37.3 Å². The van der Waals surface area contributed by atoms with E-state index in [-0.39, 0.29) is 36.1 Å². The Kier molecular flexibility index (Phi) is 8.65. The van der Waals surface area contributed by atoms with Crippen molar-refractivity contribution in [2.45, 2.75) is 70.8 Å². The monoisotopic (exact) mass is 502 g/mol. The van der Waals surface area contributed by atoms with Crippen LogP contribution >= 0.6 is 0 Å². The molecule has 0 radical (unpaired) electrons. The summed E-state index contributed by atoms with van der Waals surface area (Å²) in [6.45, 7) is 4.79. The Hall–Kier alpha value is -2.67. The van der Waals surface area contributed by atoms with Gasteiger partial charge in [-0.2, -0.15) is 0 Å². The first-order valence-corrected chi connectivity index (χ1v) is 12.6. The van der Waals surface area contributed by atoms with E-state index in [1.165, 1.54) is 6.07 Å². The third-order valence-corrected chi connectivity index (χ3v) is 7.69. The standard InChI is InChI=1S/C29H37F3N2O2/c1-6-26(35)23-14-19(2)21(16-25(23)30)15-22(34(4)5)18-33-27(36)17-24(20-10-8-7-9-11-20)29(12-13-29)28(3,31)32/h7-11,14,16,22,24H,6,12-13,15,17-18H2,1-5H3,(H,33,36)/t22-,24-/m0/s1. The molecule has 1 saturated carbocycles. The van der Waals surface area contributed by atoms with Gasteiger partial charge in [-0.3, -0.25) is 9.59 Å². The Morgan fingerprint density at radius 3 is 2.31 bits per heavy atom. The molecule has 0 heterocycles. The first kappa shape index (κ1) is 27.9. The first-order valence-electron chi connectivity index (χ1n) is 12.6. The van der Waals surface area contributed by atoms with Gasteiger partial charge in [0.05, 0.1) is 5.56 Å². The number of hydrogen-bond acceptors (Lipinski definition) is 3. The predicted octanol–water partition coefficient (Wildman–Crippen LogP) is 5.93. The number of nitrogens with one attached hydrogen (secondary N) is 1. The minimum atomic E-state index is -2.88. The summed E-state index contributed by atoms with van der Waals surface area (Å²) in [4.78, 5) is 26.9. The Labute approximate surface area is 212 Å². The molecule has 36 heavy (non-hydrogen) atoms. The van der Waals surface area contributed by atoms with Crippen molar-refractivity contribution in [1.29, 1.82) is 0 Å². The van der Waals surface area contributed by atoms with E-state index in [2.05, 4.69) is 5.32 Å². The molecular weight excluding hydrogens is 465 g/mol. The van der Waals surface area contributed by atoms with Crippen LogP contribution in [0.5, 0.6) is 0 Å². The lowest BCUT2D eigenvalue weighted by Crippen LogP contribution is -2.43. The molecule has 1 aliphatic carbocycles. The van der Waals surface area contributed by atoms with Gasteiger partial charge >= 0.3 is 0 Å². The highest BCUT2D eigenvalue weighted by atomic mass is 19.3. The van der Waals surface area contributed by atoms with Crippen LogP contribution in [-0.4, -0.2) is 49.2 Å². The number of ketones is 1. The number of hydrogen-bond donors (Lipinski definition) is 1. The maximum Gasteiger partial charge on any atom is 0.251 e. The maximum absolute atomic E-state index is 14.6. The second-order valence-electron chi connectivity index (χ2n) is 10.4. The number of likely N-dealkylation sites (N-methyl/N-ethyl adjacent to an activating group) is 1. The minimum Gasteiger partial charge on any atom is -0.355 e. The van der Waals surface area contributed by atoms with Crippen LogP contribution in [0.4, 0.5) is 13.2 Å². The van der Waals surface area contributed by atoms with Gasteiger partial charge in [0.15, 0.2) is 5.78 Å². The zero-order valence-electron chi connectivity index (χ0n) is 21.8. The van der Waals surface area contributed by atoms with Gasteiger partial charge in [0.25, 0.3) is 5.92 Å². The van der Waals surface area contributed by atoms with Crippen molar-refractivity contribution in [3.8, 4) is 0 Å². The van der Waals surface area contributed by atoms with Gasteiger partial charge < -0.3 is 10.2 Å². The van der Waals surface area contributed by atoms with Gasteiger partial charge in [0.2, 0.25) is 5.91 Å². The fourth-order valence-corrected chi connectivity index (χ4v) is 5.07. The number of rotatable bonds is 12. The highest BCUT2D eigenvalue weighted by Gasteiger charge is 2.63. The number of amides is 1. The van der Waals surface area contributed by atoms with E-state index in [1.807, 2.05) is 56.3 Å². The lowest BCUT2D eigenvalue weighted by molar-refractivity contribution is -0.123. The zero-order chi connectivity index (χ0) is 26.7. The molecule has 0 aromatic heterocycles. The topological polar surface area (TPSA) is 49.4 Å². The fraction of sp³-hybridized carbons (Fsp3) is 0.517. The number of aryl methyl sites for hydroxylation is 1. The quantitative estimate of drug-likeness (QED) is 0.366. The molecule has 0 unspecified atom stereocenters. The number of carbonyl (C=O) groups excluding carboxylic acids is 2. The summed E-state index contributed by atoms with van der Waals surface area (Å²) in [7, 11) is 3.75. The van der Waals surface area contributed by atoms with Crippen LogP contribution in [0.1, 0.15) is 72.5 Å². The van der Waals surface area contributed by atoms with Crippen LogP contribution < -0.4 is 5.32 Å². The number of nitrogens with zero attached hydrogens (tertiary/aromatic N) is 1. The average Bonchev–Trinajstić information content (AvgIpc) is 3.64. The summed E-state index contributed by atoms with van der Waals surface area (Å²) in [6, 6.07) is 11.9. The molecule has 3 rings (SSSR count). The SMILES string of the molecule is CCC(=O)c1cc(C)c(C[C@@H](CNC(=O)C[C@@H](c2ccccc2)C2(C(C)(F)F)CC2)N(C)C)cc1F. The second-order valence-corrected chi connectivity index (χ2v) is 10.4. The van der Waals surface area contributed by atoms with Crippen LogP contribution in [0.25, 0.3) is 0 Å². The van der Waals surface area contributed by atoms with Crippen LogP contribution in [0.3, 0.4) is 0 Å². The number of Topliss-reactive ketones (excluding diaryl/α,β-unsaturated/α-hetero) is 1. The van der Waals surface area contributed by atoms with Crippen molar-refractivity contribution >= 4 is 11.7 Å². The smallest absolute Gasteiger partial charge is 0.251 e. The number of halogens is 3. The molecule has 196 valence electrons. The van der Waals surface area contributed by atoms with Crippen molar-refractivity contribution < 1.29 is 22.8 Å². The molecule has 1 N–H and O–H groups in total. The van der Waals surface area contributed by atoms with Crippen LogP contribution in [0.15, 0.2) is 42.5 Å². The molecule has 2 aromatic rings. The van der Waals surface area contributed by atoms with E-state index >= 15 is 0 Å². The molecule has 0 aliphatic heterocycles. The summed E-state index contributed by atoms with van der Waals surface area (Å²) in [6.07, 6.45) is 1.47. The Balaban J connectivity index is 1.71. The normalized spacial score (nSPS) is 16.5. The first-order chi connectivity index (χ1) is 16.9. The summed E-state index contributed by atoms with van der Waals surface area (Å²) in [5.41, 5.74) is 1.24. The highest BCUT2D eigenvalue weighted by molar-refractivity contribution is 5.96. The minimum absolute atomic E-state index is 0.0188. The van der Waals surface area contributed by atoms with Gasteiger partial charge in [-0.15, -0.1) is 0 Å². The third-order valence-electron chi connectivity index (χ3n) is 7.69. The van der Waals surface area contributed by atoms with Crippen LogP contribution in [0, 0.1) is 18.2 Å². The summed E-state index contributed by atoms with van der Waals surface area (Å²) in [5.74, 6) is -4.51. The molecule has 0 bridgehead atoms. The molecule has 2 aromatic carbocycles. The fourth-order valence-electron chi connectivity index (χ4n) is 5.07. The second kappa shape index (κ2) is 11.2. The lowest BCUT2D eigenvalue weighted by Gasteiger charge is -2.32. The van der Waals surface area contributed by atoms with Crippen molar-refractivity contribution in [2.75, 3.05) is 20.6 Å². The maximum atomic E-state index is 14.6. The molecule has 4 nitrogen and oxygen atoms in total. The van der Waals surface area contributed by atoms with Crippen molar-refractivity contribution in [2.24, 2.45) is 5.41 Å². The van der Waals surface area contributed by atoms with E-state index in [4.69, 9.17) is 0 Å².